The molecule has 0 bridgehead atoms. The molecule has 0 aliphatic carbocycles. The molecule has 0 unspecified atom stereocenters. The molecule has 1 aromatic carbocycles. The average Bonchev–Trinajstić information content (AvgIpc) is 2.19. The van der Waals surface area contributed by atoms with Gasteiger partial charge in [0.2, 0.25) is 5.75 Å². The third-order valence-corrected chi connectivity index (χ3v) is 2.06. The van der Waals surface area contributed by atoms with E-state index in [0.29, 0.717) is 5.75 Å². The van der Waals surface area contributed by atoms with Gasteiger partial charge in [0, 0.05) is 6.42 Å². The molecule has 0 saturated carbocycles. The van der Waals surface area contributed by atoms with Gasteiger partial charge in [-0.15, -0.1) is 0 Å². The van der Waals surface area contributed by atoms with E-state index in [1.165, 1.54) is 7.11 Å². The van der Waals surface area contributed by atoms with Crippen LogP contribution in [-0.4, -0.2) is 30.9 Å². The van der Waals surface area contributed by atoms with Gasteiger partial charge < -0.3 is 20.3 Å². The Bertz CT molecular complexity index is 312. The summed E-state index contributed by atoms with van der Waals surface area (Å²) in [6.45, 7) is 0.938. The van der Waals surface area contributed by atoms with E-state index in [-0.39, 0.29) is 11.5 Å². The Morgan fingerprint density at radius 2 is 2.07 bits per heavy atom. The Morgan fingerprint density at radius 1 is 1.36 bits per heavy atom. The summed E-state index contributed by atoms with van der Waals surface area (Å²) in [5.41, 5.74) is 0.954. The van der Waals surface area contributed by atoms with E-state index < -0.39 is 0 Å². The number of methoxy groups -OCH3 is 1. The van der Waals surface area contributed by atoms with E-state index >= 15 is 0 Å². The van der Waals surface area contributed by atoms with Crippen LogP contribution in [0.4, 0.5) is 0 Å². The fourth-order valence-electron chi connectivity index (χ4n) is 1.26. The molecule has 0 aliphatic rings. The first-order valence-electron chi connectivity index (χ1n) is 4.55. The van der Waals surface area contributed by atoms with Gasteiger partial charge in [-0.2, -0.15) is 0 Å². The Morgan fingerprint density at radius 3 is 2.64 bits per heavy atom. The van der Waals surface area contributed by atoms with Crippen molar-refractivity contribution in [3.63, 3.8) is 0 Å². The highest BCUT2D eigenvalue weighted by Gasteiger charge is 2.09. The van der Waals surface area contributed by atoms with Crippen molar-refractivity contribution in [2.24, 2.45) is 0 Å². The normalized spacial score (nSPS) is 10.1. The molecule has 0 atom stereocenters. The van der Waals surface area contributed by atoms with E-state index in [1.807, 2.05) is 7.05 Å². The van der Waals surface area contributed by atoms with Gasteiger partial charge in [0.25, 0.3) is 0 Å². The minimum absolute atomic E-state index is 0.129. The fourth-order valence-corrected chi connectivity index (χ4v) is 1.26. The molecule has 0 radical (unpaired) electrons. The molecule has 0 aromatic heterocycles. The summed E-state index contributed by atoms with van der Waals surface area (Å²) >= 11 is 0. The van der Waals surface area contributed by atoms with Crippen molar-refractivity contribution in [1.29, 1.82) is 0 Å². The van der Waals surface area contributed by atoms with Crippen LogP contribution in [0.3, 0.4) is 0 Å². The zero-order valence-electron chi connectivity index (χ0n) is 8.45. The third-order valence-electron chi connectivity index (χ3n) is 2.06. The lowest BCUT2D eigenvalue weighted by Gasteiger charge is -2.07. The molecule has 0 spiro atoms. The van der Waals surface area contributed by atoms with Crippen molar-refractivity contribution in [3.8, 4) is 17.2 Å². The quantitative estimate of drug-likeness (QED) is 0.589. The number of hydrogen-bond donors (Lipinski definition) is 3. The number of phenolic OH excluding ortho intramolecular Hbond substituents is 2. The highest BCUT2D eigenvalue weighted by molar-refractivity contribution is 5.51. The predicted molar refractivity (Wildman–Crippen MR) is 52.7 cm³/mol. The van der Waals surface area contributed by atoms with Gasteiger partial charge in [-0.25, -0.2) is 0 Å². The van der Waals surface area contributed by atoms with Crippen LogP contribution in [0.2, 0.25) is 0 Å². The summed E-state index contributed by atoms with van der Waals surface area (Å²) < 4.78 is 4.93. The summed E-state index contributed by atoms with van der Waals surface area (Å²) in [5.74, 6) is -0.0108. The molecule has 0 heterocycles. The molecule has 14 heavy (non-hydrogen) atoms. The Kier molecular flexibility index (Phi) is 3.59. The second-order valence-electron chi connectivity index (χ2n) is 3.11. The number of benzene rings is 1. The lowest BCUT2D eigenvalue weighted by molar-refractivity contribution is -0.626. The van der Waals surface area contributed by atoms with Gasteiger partial charge in [0.05, 0.1) is 20.7 Å². The first-order valence-corrected chi connectivity index (χ1v) is 4.55. The van der Waals surface area contributed by atoms with Crippen LogP contribution in [0.1, 0.15) is 5.56 Å². The fraction of sp³-hybridized carbons (Fsp3) is 0.400. The van der Waals surface area contributed by atoms with Crippen LogP contribution in [-0.2, 0) is 6.42 Å². The van der Waals surface area contributed by atoms with Crippen LogP contribution in [0.25, 0.3) is 0 Å². The third kappa shape index (κ3) is 2.29. The van der Waals surface area contributed by atoms with Crippen molar-refractivity contribution in [2.45, 2.75) is 6.42 Å². The lowest BCUT2D eigenvalue weighted by Crippen LogP contribution is -2.80. The molecular formula is C10H16NO3+. The number of aromatic hydroxyl groups is 2. The second kappa shape index (κ2) is 4.72. The molecule has 78 valence electrons. The number of rotatable bonds is 4. The maximum absolute atomic E-state index is 9.37. The van der Waals surface area contributed by atoms with E-state index in [2.05, 4.69) is 5.32 Å². The molecule has 4 nitrogen and oxygen atoms in total. The molecule has 4 heteroatoms. The summed E-state index contributed by atoms with van der Waals surface area (Å²) in [4.78, 5) is 0. The number of ether oxygens (including phenoxy) is 1. The minimum atomic E-state index is -0.197. The van der Waals surface area contributed by atoms with Crippen molar-refractivity contribution >= 4 is 0 Å². The highest BCUT2D eigenvalue weighted by atomic mass is 16.5. The zero-order chi connectivity index (χ0) is 10.6. The first-order chi connectivity index (χ1) is 6.69. The number of phenols is 2. The average molecular weight is 198 g/mol. The molecule has 0 fully saturated rings. The number of hydrogen-bond acceptors (Lipinski definition) is 3. The smallest absolute Gasteiger partial charge is 0.200 e. The maximum Gasteiger partial charge on any atom is 0.200 e. The Labute approximate surface area is 83.1 Å². The van der Waals surface area contributed by atoms with E-state index in [9.17, 15) is 10.2 Å². The first kappa shape index (κ1) is 10.7. The monoisotopic (exact) mass is 198 g/mol. The molecular weight excluding hydrogens is 182 g/mol. The van der Waals surface area contributed by atoms with E-state index in [1.54, 1.807) is 12.1 Å². The molecule has 0 aliphatic heterocycles. The summed E-state index contributed by atoms with van der Waals surface area (Å²) in [6.07, 6.45) is 0.834. The molecule has 1 aromatic rings. The number of likely N-dealkylation sites (N-methyl/N-ethyl adjacent to an activating group) is 1. The van der Waals surface area contributed by atoms with Crippen molar-refractivity contribution < 1.29 is 20.3 Å². The summed E-state index contributed by atoms with van der Waals surface area (Å²) in [5, 5.41) is 20.8. The maximum atomic E-state index is 9.37. The van der Waals surface area contributed by atoms with Gasteiger partial charge in [0.15, 0.2) is 11.5 Å². The van der Waals surface area contributed by atoms with Crippen molar-refractivity contribution in [2.75, 3.05) is 20.7 Å². The Balaban J connectivity index is 2.91. The van der Waals surface area contributed by atoms with Crippen LogP contribution in [0.15, 0.2) is 12.1 Å². The van der Waals surface area contributed by atoms with E-state index in [0.717, 1.165) is 18.5 Å². The largest absolute Gasteiger partial charge is 0.504 e. The number of nitrogens with two attached hydrogens (primary N) is 1. The lowest BCUT2D eigenvalue weighted by atomic mass is 10.1. The molecule has 0 amide bonds. The van der Waals surface area contributed by atoms with Crippen LogP contribution < -0.4 is 10.1 Å². The van der Waals surface area contributed by atoms with Crippen LogP contribution in [0, 0.1) is 0 Å². The predicted octanol–water partition coefficient (Wildman–Crippen LogP) is -0.158. The van der Waals surface area contributed by atoms with Crippen molar-refractivity contribution in [1.82, 2.24) is 0 Å². The van der Waals surface area contributed by atoms with Crippen molar-refractivity contribution in [3.05, 3.63) is 17.7 Å². The van der Waals surface area contributed by atoms with Crippen LogP contribution >= 0.6 is 0 Å². The summed E-state index contributed by atoms with van der Waals surface area (Å²) in [6, 6.07) is 3.29. The number of quaternary nitrogens is 1. The molecule has 1 rings (SSSR count). The molecule has 4 N–H and O–H groups in total. The minimum Gasteiger partial charge on any atom is -0.504 e. The van der Waals surface area contributed by atoms with Gasteiger partial charge >= 0.3 is 0 Å². The van der Waals surface area contributed by atoms with Gasteiger partial charge in [-0.1, -0.05) is 0 Å². The standard InChI is InChI=1S/C10H15NO3/c1-11-4-3-7-5-8(12)10(13)9(6-7)14-2/h5-6,11-13H,3-4H2,1-2H3/p+1. The SMILES string of the molecule is C[NH2+]CCc1cc(O)c(O)c(OC)c1. The zero-order valence-corrected chi connectivity index (χ0v) is 8.45. The second-order valence-corrected chi connectivity index (χ2v) is 3.11. The van der Waals surface area contributed by atoms with Gasteiger partial charge in [-0.05, 0) is 17.7 Å². The van der Waals surface area contributed by atoms with Gasteiger partial charge in [-0.3, -0.25) is 0 Å². The molecule has 0 saturated heterocycles. The van der Waals surface area contributed by atoms with Gasteiger partial charge in [0.1, 0.15) is 0 Å². The summed E-state index contributed by atoms with van der Waals surface area (Å²) in [7, 11) is 3.45. The topological polar surface area (TPSA) is 66.3 Å². The highest BCUT2D eigenvalue weighted by Crippen LogP contribution is 2.36. The van der Waals surface area contributed by atoms with E-state index in [4.69, 9.17) is 4.74 Å². The van der Waals surface area contributed by atoms with Crippen LogP contribution in [0.5, 0.6) is 17.2 Å². The Hall–Kier alpha value is -1.42.